The Labute approximate surface area is 115 Å². The monoisotopic (exact) mass is 285 g/mol. The first-order valence-electron chi connectivity index (χ1n) is 4.69. The number of nitrogens with one attached hydrogen (secondary N) is 1. The van der Waals surface area contributed by atoms with Gasteiger partial charge in [0.15, 0.2) is 0 Å². The van der Waals surface area contributed by atoms with Crippen LogP contribution in [0.1, 0.15) is 18.4 Å². The predicted octanol–water partition coefficient (Wildman–Crippen LogP) is 2.56. The summed E-state index contributed by atoms with van der Waals surface area (Å²) in [5.74, 6) is 0.961. The Bertz CT molecular complexity index is 286. The highest BCUT2D eigenvalue weighted by molar-refractivity contribution is 5.86. The summed E-state index contributed by atoms with van der Waals surface area (Å²) in [7, 11) is 0. The maximum Gasteiger partial charge on any atom is 0.126 e. The minimum Gasteiger partial charge on any atom is -0.367 e. The van der Waals surface area contributed by atoms with Crippen molar-refractivity contribution in [1.82, 2.24) is 4.98 Å². The first-order valence-corrected chi connectivity index (χ1v) is 4.69. The first-order chi connectivity index (χ1) is 6.24. The van der Waals surface area contributed by atoms with Crippen LogP contribution in [-0.4, -0.2) is 17.1 Å². The van der Waals surface area contributed by atoms with Crippen molar-refractivity contribution >= 4 is 43.0 Å². The molecule has 1 aliphatic carbocycles. The summed E-state index contributed by atoms with van der Waals surface area (Å²) in [5, 5.41) is 3.34. The highest BCUT2D eigenvalue weighted by Gasteiger charge is 2.25. The van der Waals surface area contributed by atoms with Gasteiger partial charge >= 0.3 is 0 Å². The van der Waals surface area contributed by atoms with Gasteiger partial charge in [0.2, 0.25) is 0 Å². The van der Waals surface area contributed by atoms with Gasteiger partial charge in [-0.2, -0.15) is 0 Å². The molecular formula is C10H18Cl3N3. The molecule has 1 aliphatic rings. The highest BCUT2D eigenvalue weighted by atomic mass is 35.5. The number of aryl methyl sites for hydroxylation is 1. The molecule has 0 bridgehead atoms. The molecule has 0 spiro atoms. The molecule has 0 amide bonds. The van der Waals surface area contributed by atoms with Crippen molar-refractivity contribution in [2.45, 2.75) is 31.8 Å². The molecule has 1 fully saturated rings. The van der Waals surface area contributed by atoms with Crippen molar-refractivity contribution in [3.05, 3.63) is 23.9 Å². The molecule has 3 N–H and O–H groups in total. The Kier molecular flexibility index (Phi) is 9.03. The second-order valence-corrected chi connectivity index (χ2v) is 3.79. The SMILES string of the molecule is Cc1ccc(N[C@H]2C[C@@H](N)C2)nc1.Cl.Cl.Cl. The number of pyridine rings is 1. The molecule has 1 aromatic rings. The molecular weight excluding hydrogens is 268 g/mol. The lowest BCUT2D eigenvalue weighted by Crippen LogP contribution is -2.44. The third-order valence-electron chi connectivity index (χ3n) is 2.44. The highest BCUT2D eigenvalue weighted by Crippen LogP contribution is 2.21. The molecule has 0 unspecified atom stereocenters. The van der Waals surface area contributed by atoms with E-state index in [4.69, 9.17) is 5.73 Å². The molecule has 3 nitrogen and oxygen atoms in total. The van der Waals surface area contributed by atoms with Crippen molar-refractivity contribution in [2.75, 3.05) is 5.32 Å². The maximum absolute atomic E-state index is 5.69. The molecule has 1 heterocycles. The average Bonchev–Trinajstić information content (AvgIpc) is 2.06. The number of nitrogens with two attached hydrogens (primary N) is 1. The van der Waals surface area contributed by atoms with E-state index < -0.39 is 0 Å². The number of nitrogens with zero attached hydrogens (tertiary/aromatic N) is 1. The summed E-state index contributed by atoms with van der Waals surface area (Å²) in [6.07, 6.45) is 4.01. The van der Waals surface area contributed by atoms with Gasteiger partial charge in [0.25, 0.3) is 0 Å². The minimum absolute atomic E-state index is 0. The van der Waals surface area contributed by atoms with Crippen molar-refractivity contribution in [1.29, 1.82) is 0 Å². The smallest absolute Gasteiger partial charge is 0.126 e. The molecule has 0 radical (unpaired) electrons. The van der Waals surface area contributed by atoms with Gasteiger partial charge in [-0.05, 0) is 31.4 Å². The van der Waals surface area contributed by atoms with Crippen LogP contribution in [0.2, 0.25) is 0 Å². The molecule has 0 saturated heterocycles. The van der Waals surface area contributed by atoms with Crippen LogP contribution < -0.4 is 11.1 Å². The van der Waals surface area contributed by atoms with Crippen molar-refractivity contribution < 1.29 is 0 Å². The van der Waals surface area contributed by atoms with E-state index in [0.29, 0.717) is 12.1 Å². The van der Waals surface area contributed by atoms with Crippen molar-refractivity contribution in [3.8, 4) is 0 Å². The van der Waals surface area contributed by atoms with Crippen LogP contribution in [0.15, 0.2) is 18.3 Å². The van der Waals surface area contributed by atoms with Crippen LogP contribution in [0.5, 0.6) is 0 Å². The van der Waals surface area contributed by atoms with Gasteiger partial charge in [-0.3, -0.25) is 0 Å². The van der Waals surface area contributed by atoms with Gasteiger partial charge < -0.3 is 11.1 Å². The molecule has 94 valence electrons. The Morgan fingerprint density at radius 3 is 2.31 bits per heavy atom. The molecule has 1 aromatic heterocycles. The fraction of sp³-hybridized carbons (Fsp3) is 0.500. The topological polar surface area (TPSA) is 50.9 Å². The van der Waals surface area contributed by atoms with E-state index in [1.165, 1.54) is 5.56 Å². The van der Waals surface area contributed by atoms with Crippen LogP contribution in [0.25, 0.3) is 0 Å². The zero-order valence-corrected chi connectivity index (χ0v) is 11.5. The lowest BCUT2D eigenvalue weighted by Gasteiger charge is -2.33. The van der Waals surface area contributed by atoms with E-state index in [0.717, 1.165) is 18.7 Å². The van der Waals surface area contributed by atoms with Gasteiger partial charge in [0.05, 0.1) is 0 Å². The molecule has 2 rings (SSSR count). The quantitative estimate of drug-likeness (QED) is 0.878. The number of hydrogen-bond donors (Lipinski definition) is 2. The molecule has 6 heteroatoms. The second kappa shape index (κ2) is 7.96. The largest absolute Gasteiger partial charge is 0.367 e. The minimum atomic E-state index is 0. The fourth-order valence-electron chi connectivity index (χ4n) is 1.54. The lowest BCUT2D eigenvalue weighted by molar-refractivity contribution is 0.373. The summed E-state index contributed by atoms with van der Waals surface area (Å²) in [6.45, 7) is 2.04. The third kappa shape index (κ3) is 4.74. The summed E-state index contributed by atoms with van der Waals surface area (Å²) < 4.78 is 0. The summed E-state index contributed by atoms with van der Waals surface area (Å²) >= 11 is 0. The van der Waals surface area contributed by atoms with E-state index >= 15 is 0 Å². The van der Waals surface area contributed by atoms with Gasteiger partial charge in [-0.15, -0.1) is 37.2 Å². The van der Waals surface area contributed by atoms with Crippen LogP contribution in [-0.2, 0) is 0 Å². The van der Waals surface area contributed by atoms with E-state index in [-0.39, 0.29) is 37.2 Å². The Morgan fingerprint density at radius 1 is 1.25 bits per heavy atom. The fourth-order valence-corrected chi connectivity index (χ4v) is 1.54. The van der Waals surface area contributed by atoms with Gasteiger partial charge in [0.1, 0.15) is 5.82 Å². The maximum atomic E-state index is 5.69. The van der Waals surface area contributed by atoms with Gasteiger partial charge in [-0.1, -0.05) is 6.07 Å². The zero-order valence-electron chi connectivity index (χ0n) is 9.05. The second-order valence-electron chi connectivity index (χ2n) is 3.79. The van der Waals surface area contributed by atoms with Gasteiger partial charge in [0, 0.05) is 18.3 Å². The van der Waals surface area contributed by atoms with Crippen LogP contribution in [0, 0.1) is 6.92 Å². The Hall–Kier alpha value is -0.220. The van der Waals surface area contributed by atoms with Crippen molar-refractivity contribution in [2.24, 2.45) is 5.73 Å². The average molecular weight is 287 g/mol. The van der Waals surface area contributed by atoms with E-state index in [1.807, 2.05) is 19.2 Å². The summed E-state index contributed by atoms with van der Waals surface area (Å²) in [5.41, 5.74) is 6.88. The molecule has 0 aliphatic heterocycles. The zero-order chi connectivity index (χ0) is 9.26. The summed E-state index contributed by atoms with van der Waals surface area (Å²) in [4.78, 5) is 4.27. The molecule has 16 heavy (non-hydrogen) atoms. The Balaban J connectivity index is 0. The lowest BCUT2D eigenvalue weighted by atomic mass is 9.88. The molecule has 0 aromatic carbocycles. The van der Waals surface area contributed by atoms with Crippen LogP contribution in [0.3, 0.4) is 0 Å². The predicted molar refractivity (Wildman–Crippen MR) is 75.3 cm³/mol. The number of anilines is 1. The van der Waals surface area contributed by atoms with E-state index in [2.05, 4.69) is 16.4 Å². The Morgan fingerprint density at radius 2 is 1.88 bits per heavy atom. The van der Waals surface area contributed by atoms with Crippen LogP contribution >= 0.6 is 37.2 Å². The number of halogens is 3. The third-order valence-corrected chi connectivity index (χ3v) is 2.44. The van der Waals surface area contributed by atoms with E-state index in [9.17, 15) is 0 Å². The first kappa shape index (κ1) is 18.2. The van der Waals surface area contributed by atoms with Crippen LogP contribution in [0.4, 0.5) is 5.82 Å². The standard InChI is InChI=1S/C10H15N3.3ClH/c1-7-2-3-10(12-6-7)13-9-4-8(11)5-9;;;/h2-3,6,8-9H,4-5,11H2,1H3,(H,12,13);3*1H/t8-,9+;;;. The number of hydrogen-bond acceptors (Lipinski definition) is 3. The normalized spacial score (nSPS) is 21.6. The molecule has 0 atom stereocenters. The number of rotatable bonds is 2. The molecule has 1 saturated carbocycles. The van der Waals surface area contributed by atoms with Crippen molar-refractivity contribution in [3.63, 3.8) is 0 Å². The summed E-state index contributed by atoms with van der Waals surface area (Å²) in [6, 6.07) is 5.00. The van der Waals surface area contributed by atoms with E-state index in [1.54, 1.807) is 0 Å². The van der Waals surface area contributed by atoms with Gasteiger partial charge in [-0.25, -0.2) is 4.98 Å². The number of aromatic nitrogens is 1.